The van der Waals surface area contributed by atoms with Gasteiger partial charge in [0.2, 0.25) is 9.74 Å². The maximum Gasteiger partial charge on any atom is 0.250 e. The van der Waals surface area contributed by atoms with Crippen LogP contribution < -0.4 is 10.1 Å². The molecule has 1 aromatic carbocycles. The summed E-state index contributed by atoms with van der Waals surface area (Å²) in [5.74, 6) is 1.42. The van der Waals surface area contributed by atoms with E-state index in [4.69, 9.17) is 39.5 Å². The Morgan fingerprint density at radius 1 is 1.08 bits per heavy atom. The van der Waals surface area contributed by atoms with E-state index in [2.05, 4.69) is 39.0 Å². The Kier molecular flexibility index (Phi) is 7.70. The average Bonchev–Trinajstić information content (AvgIpc) is 2.64. The van der Waals surface area contributed by atoms with E-state index < -0.39 is 3.79 Å². The summed E-state index contributed by atoms with van der Waals surface area (Å²) < 4.78 is 3.63. The molecule has 0 bridgehead atoms. The number of nitrogens with zero attached hydrogens (tertiary/aromatic N) is 4. The van der Waals surface area contributed by atoms with Crippen LogP contribution in [0.4, 0.5) is 5.95 Å². The molecule has 0 spiro atoms. The Bertz CT molecular complexity index is 720. The lowest BCUT2D eigenvalue weighted by atomic mass is 10.2. The molecule has 142 valence electrons. The van der Waals surface area contributed by atoms with E-state index in [1.165, 1.54) is 0 Å². The normalized spacial score (nSPS) is 11.7. The van der Waals surface area contributed by atoms with Crippen LogP contribution in [0.25, 0.3) is 11.4 Å². The lowest BCUT2D eigenvalue weighted by molar-refractivity contribution is 0.316. The first kappa shape index (κ1) is 21.0. The van der Waals surface area contributed by atoms with Crippen LogP contribution in [0.3, 0.4) is 0 Å². The molecule has 0 saturated heterocycles. The first-order valence-electron chi connectivity index (χ1n) is 8.31. The second-order valence-corrected chi connectivity index (χ2v) is 7.74. The summed E-state index contributed by atoms with van der Waals surface area (Å²) in [4.78, 5) is 15.3. The molecule has 0 amide bonds. The first-order chi connectivity index (χ1) is 12.4. The van der Waals surface area contributed by atoms with Crippen LogP contribution in [-0.4, -0.2) is 53.1 Å². The predicted molar refractivity (Wildman–Crippen MR) is 107 cm³/mol. The van der Waals surface area contributed by atoms with Crippen LogP contribution in [0.1, 0.15) is 19.7 Å². The van der Waals surface area contributed by atoms with E-state index in [0.29, 0.717) is 29.6 Å². The molecule has 0 aliphatic carbocycles. The molecular formula is C17H22Cl3N5O. The van der Waals surface area contributed by atoms with Crippen molar-refractivity contribution in [2.24, 2.45) is 0 Å². The second kappa shape index (κ2) is 9.55. The molecule has 2 rings (SSSR count). The molecule has 2 aromatic rings. The lowest BCUT2D eigenvalue weighted by Crippen LogP contribution is -2.29. The number of aromatic nitrogens is 3. The summed E-state index contributed by atoms with van der Waals surface area (Å²) in [5.41, 5.74) is 0.694. The number of benzene rings is 1. The highest BCUT2D eigenvalue weighted by Crippen LogP contribution is 2.37. The molecule has 0 atom stereocenters. The van der Waals surface area contributed by atoms with Gasteiger partial charge in [0, 0.05) is 13.1 Å². The SMILES string of the molecule is CCN(CC)CCNc1nc(-c2ccccc2OC)nc(C(Cl)(Cl)Cl)n1. The number of likely N-dealkylation sites (N-methyl/N-ethyl adjacent to an activating group) is 1. The molecule has 0 aliphatic heterocycles. The number of methoxy groups -OCH3 is 1. The van der Waals surface area contributed by atoms with Gasteiger partial charge in [-0.3, -0.25) is 0 Å². The smallest absolute Gasteiger partial charge is 0.250 e. The molecule has 26 heavy (non-hydrogen) atoms. The summed E-state index contributed by atoms with van der Waals surface area (Å²) in [5, 5.41) is 3.18. The number of rotatable bonds is 8. The molecule has 1 aromatic heterocycles. The zero-order valence-electron chi connectivity index (χ0n) is 15.0. The zero-order valence-corrected chi connectivity index (χ0v) is 17.2. The Morgan fingerprint density at radius 2 is 1.77 bits per heavy atom. The highest BCUT2D eigenvalue weighted by Gasteiger charge is 2.29. The Morgan fingerprint density at radius 3 is 2.38 bits per heavy atom. The Labute approximate surface area is 168 Å². The zero-order chi connectivity index (χ0) is 19.2. The minimum absolute atomic E-state index is 0.0590. The maximum absolute atomic E-state index is 6.00. The van der Waals surface area contributed by atoms with Crippen molar-refractivity contribution >= 4 is 40.8 Å². The third-order valence-electron chi connectivity index (χ3n) is 3.84. The predicted octanol–water partition coefficient (Wildman–Crippen LogP) is 4.13. The number of nitrogens with one attached hydrogen (secondary N) is 1. The van der Waals surface area contributed by atoms with Crippen molar-refractivity contribution in [3.8, 4) is 17.1 Å². The van der Waals surface area contributed by atoms with Gasteiger partial charge in [0.05, 0.1) is 12.7 Å². The van der Waals surface area contributed by atoms with Crippen molar-refractivity contribution in [1.82, 2.24) is 19.9 Å². The number of hydrogen-bond donors (Lipinski definition) is 1. The van der Waals surface area contributed by atoms with Crippen molar-refractivity contribution in [2.75, 3.05) is 38.6 Å². The number of hydrogen-bond acceptors (Lipinski definition) is 6. The number of alkyl halides is 3. The standard InChI is InChI=1S/C17H22Cl3N5O/c1-4-25(5-2)11-10-21-16-23-14(22-15(24-16)17(18,19)20)12-8-6-7-9-13(12)26-3/h6-9H,4-5,10-11H2,1-3H3,(H,21,22,23,24). The van der Waals surface area contributed by atoms with Crippen LogP contribution in [0.2, 0.25) is 0 Å². The quantitative estimate of drug-likeness (QED) is 0.650. The molecule has 1 heterocycles. The van der Waals surface area contributed by atoms with Crippen molar-refractivity contribution in [3.63, 3.8) is 0 Å². The summed E-state index contributed by atoms with van der Waals surface area (Å²) in [7, 11) is 1.58. The summed E-state index contributed by atoms with van der Waals surface area (Å²) in [6.45, 7) is 7.70. The van der Waals surface area contributed by atoms with Crippen molar-refractivity contribution in [2.45, 2.75) is 17.6 Å². The highest BCUT2D eigenvalue weighted by molar-refractivity contribution is 6.66. The molecule has 0 aliphatic rings. The van der Waals surface area contributed by atoms with Gasteiger partial charge in [-0.1, -0.05) is 60.8 Å². The van der Waals surface area contributed by atoms with E-state index in [0.717, 1.165) is 19.6 Å². The summed E-state index contributed by atoms with van der Waals surface area (Å²) in [6.07, 6.45) is 0. The fraction of sp³-hybridized carbons (Fsp3) is 0.471. The number of halogens is 3. The van der Waals surface area contributed by atoms with E-state index >= 15 is 0 Å². The topological polar surface area (TPSA) is 63.2 Å². The molecule has 0 saturated carbocycles. The minimum atomic E-state index is -1.75. The largest absolute Gasteiger partial charge is 0.496 e. The molecular weight excluding hydrogens is 397 g/mol. The molecule has 0 fully saturated rings. The van der Waals surface area contributed by atoms with Gasteiger partial charge >= 0.3 is 0 Å². The lowest BCUT2D eigenvalue weighted by Gasteiger charge is -2.18. The van der Waals surface area contributed by atoms with Gasteiger partial charge in [0.25, 0.3) is 0 Å². The number of ether oxygens (including phenoxy) is 1. The highest BCUT2D eigenvalue weighted by atomic mass is 35.6. The molecule has 9 heteroatoms. The van der Waals surface area contributed by atoms with Crippen LogP contribution in [0.5, 0.6) is 5.75 Å². The fourth-order valence-electron chi connectivity index (χ4n) is 2.40. The van der Waals surface area contributed by atoms with E-state index in [9.17, 15) is 0 Å². The van der Waals surface area contributed by atoms with E-state index in [1.54, 1.807) is 7.11 Å². The van der Waals surface area contributed by atoms with Gasteiger partial charge in [-0.25, -0.2) is 4.98 Å². The second-order valence-electron chi connectivity index (χ2n) is 5.46. The van der Waals surface area contributed by atoms with Crippen LogP contribution in [0.15, 0.2) is 24.3 Å². The van der Waals surface area contributed by atoms with E-state index in [1.807, 2.05) is 24.3 Å². The molecule has 6 nitrogen and oxygen atoms in total. The van der Waals surface area contributed by atoms with Crippen molar-refractivity contribution in [3.05, 3.63) is 30.1 Å². The van der Waals surface area contributed by atoms with Gasteiger partial charge < -0.3 is 15.0 Å². The Balaban J connectivity index is 2.34. The Hall–Kier alpha value is -1.34. The fourth-order valence-corrected chi connectivity index (χ4v) is 2.65. The molecule has 0 radical (unpaired) electrons. The van der Waals surface area contributed by atoms with Crippen molar-refractivity contribution in [1.29, 1.82) is 0 Å². The van der Waals surface area contributed by atoms with Gasteiger partial charge in [-0.15, -0.1) is 0 Å². The van der Waals surface area contributed by atoms with Gasteiger partial charge in [0.1, 0.15) is 5.75 Å². The van der Waals surface area contributed by atoms with Gasteiger partial charge in [-0.05, 0) is 25.2 Å². The summed E-state index contributed by atoms with van der Waals surface area (Å²) >= 11 is 18.0. The third-order valence-corrected chi connectivity index (χ3v) is 4.35. The third kappa shape index (κ3) is 5.58. The van der Waals surface area contributed by atoms with Crippen LogP contribution in [0, 0.1) is 0 Å². The molecule has 0 unspecified atom stereocenters. The molecule has 1 N–H and O–H groups in total. The number of para-hydroxylation sites is 1. The van der Waals surface area contributed by atoms with Crippen LogP contribution in [-0.2, 0) is 3.79 Å². The van der Waals surface area contributed by atoms with E-state index in [-0.39, 0.29) is 5.82 Å². The average molecular weight is 419 g/mol. The first-order valence-corrected chi connectivity index (χ1v) is 9.45. The number of anilines is 1. The monoisotopic (exact) mass is 417 g/mol. The van der Waals surface area contributed by atoms with Gasteiger partial charge in [0.15, 0.2) is 11.6 Å². The van der Waals surface area contributed by atoms with Crippen LogP contribution >= 0.6 is 34.8 Å². The maximum atomic E-state index is 6.00. The minimum Gasteiger partial charge on any atom is -0.496 e. The van der Waals surface area contributed by atoms with Gasteiger partial charge in [-0.2, -0.15) is 9.97 Å². The summed E-state index contributed by atoms with van der Waals surface area (Å²) in [6, 6.07) is 7.39. The van der Waals surface area contributed by atoms with Crippen molar-refractivity contribution < 1.29 is 4.74 Å².